The van der Waals surface area contributed by atoms with Crippen LogP contribution in [0.3, 0.4) is 0 Å². The van der Waals surface area contributed by atoms with Gasteiger partial charge in [-0.15, -0.1) is 0 Å². The molecule has 0 aliphatic heterocycles. The van der Waals surface area contributed by atoms with Gasteiger partial charge in [-0.1, -0.05) is 0 Å². The Labute approximate surface area is 151 Å². The van der Waals surface area contributed by atoms with Gasteiger partial charge in [-0.05, 0) is 42.0 Å². The largest absolute Gasteiger partial charge is 0.493 e. The predicted octanol–water partition coefficient (Wildman–Crippen LogP) is 2.65. The lowest BCUT2D eigenvalue weighted by Gasteiger charge is -2.14. The normalized spacial score (nSPS) is 10.0. The van der Waals surface area contributed by atoms with E-state index in [0.717, 1.165) is 0 Å². The van der Waals surface area contributed by atoms with Crippen LogP contribution in [0.4, 0.5) is 0 Å². The third kappa shape index (κ3) is 4.44. The van der Waals surface area contributed by atoms with E-state index in [1.54, 1.807) is 12.1 Å². The van der Waals surface area contributed by atoms with E-state index in [0.29, 0.717) is 34.1 Å². The van der Waals surface area contributed by atoms with E-state index in [4.69, 9.17) is 18.9 Å². The summed E-state index contributed by atoms with van der Waals surface area (Å²) in [5, 5.41) is 0. The predicted molar refractivity (Wildman–Crippen MR) is 93.2 cm³/mol. The van der Waals surface area contributed by atoms with Gasteiger partial charge in [0, 0.05) is 0 Å². The second-order valence-electron chi connectivity index (χ2n) is 5.20. The molecule has 2 rings (SSSR count). The van der Waals surface area contributed by atoms with Crippen molar-refractivity contribution >= 4 is 11.9 Å². The summed E-state index contributed by atoms with van der Waals surface area (Å²) in [4.78, 5) is 23.6. The van der Waals surface area contributed by atoms with Crippen LogP contribution in [0.5, 0.6) is 23.0 Å². The lowest BCUT2D eigenvalue weighted by molar-refractivity contribution is -0.133. The molecule has 0 bridgehead atoms. The standard InChI is InChI=1S/C19H20O7/c1-22-15-9-12(10-16(23-2)18(15)24-3)11-17(20)26-14-7-5-13(6-8-14)19(21)25-4/h5-10H,11H2,1-4H3. The summed E-state index contributed by atoms with van der Waals surface area (Å²) in [7, 11) is 5.81. The number of benzene rings is 2. The Hall–Kier alpha value is -3.22. The van der Waals surface area contributed by atoms with E-state index in [-0.39, 0.29) is 6.42 Å². The van der Waals surface area contributed by atoms with Crippen molar-refractivity contribution in [1.29, 1.82) is 0 Å². The van der Waals surface area contributed by atoms with Crippen LogP contribution < -0.4 is 18.9 Å². The smallest absolute Gasteiger partial charge is 0.337 e. The fourth-order valence-corrected chi connectivity index (χ4v) is 2.35. The van der Waals surface area contributed by atoms with Crippen LogP contribution in [-0.2, 0) is 16.0 Å². The summed E-state index contributed by atoms with van der Waals surface area (Å²) in [6, 6.07) is 9.46. The molecular formula is C19H20O7. The van der Waals surface area contributed by atoms with E-state index in [9.17, 15) is 9.59 Å². The van der Waals surface area contributed by atoms with Crippen molar-refractivity contribution in [2.75, 3.05) is 28.4 Å². The van der Waals surface area contributed by atoms with E-state index >= 15 is 0 Å². The molecule has 2 aromatic carbocycles. The third-order valence-electron chi connectivity index (χ3n) is 3.58. The Morgan fingerprint density at radius 3 is 1.88 bits per heavy atom. The molecule has 0 N–H and O–H groups in total. The van der Waals surface area contributed by atoms with Crippen LogP contribution >= 0.6 is 0 Å². The summed E-state index contributed by atoms with van der Waals surface area (Å²) in [6.45, 7) is 0. The molecule has 0 amide bonds. The topological polar surface area (TPSA) is 80.3 Å². The number of esters is 2. The zero-order chi connectivity index (χ0) is 19.1. The summed E-state index contributed by atoms with van der Waals surface area (Å²) in [5.41, 5.74) is 1.02. The summed E-state index contributed by atoms with van der Waals surface area (Å²) in [5.74, 6) is 0.764. The monoisotopic (exact) mass is 360 g/mol. The third-order valence-corrected chi connectivity index (χ3v) is 3.58. The molecule has 2 aromatic rings. The molecule has 0 unspecified atom stereocenters. The van der Waals surface area contributed by atoms with Crippen LogP contribution in [0.25, 0.3) is 0 Å². The average molecular weight is 360 g/mol. The molecule has 0 aromatic heterocycles. The number of carbonyl (C=O) groups is 2. The van der Waals surface area contributed by atoms with Crippen molar-refractivity contribution < 1.29 is 33.3 Å². The molecule has 0 radical (unpaired) electrons. The molecule has 0 fully saturated rings. The summed E-state index contributed by atoms with van der Waals surface area (Å²) >= 11 is 0. The number of hydrogen-bond donors (Lipinski definition) is 0. The zero-order valence-corrected chi connectivity index (χ0v) is 15.0. The number of ether oxygens (including phenoxy) is 5. The van der Waals surface area contributed by atoms with Crippen LogP contribution in [0.2, 0.25) is 0 Å². The first-order chi connectivity index (χ1) is 12.5. The zero-order valence-electron chi connectivity index (χ0n) is 15.0. The number of carbonyl (C=O) groups excluding carboxylic acids is 2. The molecule has 7 heteroatoms. The minimum absolute atomic E-state index is 0.00939. The SMILES string of the molecule is COC(=O)c1ccc(OC(=O)Cc2cc(OC)c(OC)c(OC)c2)cc1. The molecule has 0 aliphatic rings. The molecule has 0 heterocycles. The van der Waals surface area contributed by atoms with Crippen molar-refractivity contribution in [3.8, 4) is 23.0 Å². The van der Waals surface area contributed by atoms with Gasteiger partial charge in [0.05, 0.1) is 40.4 Å². The van der Waals surface area contributed by atoms with Crippen molar-refractivity contribution in [2.45, 2.75) is 6.42 Å². The Bertz CT molecular complexity index is 756. The molecule has 0 aliphatic carbocycles. The lowest BCUT2D eigenvalue weighted by Crippen LogP contribution is -2.12. The fourth-order valence-electron chi connectivity index (χ4n) is 2.35. The highest BCUT2D eigenvalue weighted by molar-refractivity contribution is 5.89. The van der Waals surface area contributed by atoms with Gasteiger partial charge in [-0.2, -0.15) is 0 Å². The van der Waals surface area contributed by atoms with Crippen LogP contribution in [0.15, 0.2) is 36.4 Å². The molecule has 0 atom stereocenters. The molecule has 0 saturated heterocycles. The number of hydrogen-bond acceptors (Lipinski definition) is 7. The van der Waals surface area contributed by atoms with Gasteiger partial charge in [0.15, 0.2) is 11.5 Å². The quantitative estimate of drug-likeness (QED) is 0.555. The van der Waals surface area contributed by atoms with Crippen molar-refractivity contribution in [2.24, 2.45) is 0 Å². The first-order valence-corrected chi connectivity index (χ1v) is 7.70. The van der Waals surface area contributed by atoms with Gasteiger partial charge >= 0.3 is 11.9 Å². The number of methoxy groups -OCH3 is 4. The van der Waals surface area contributed by atoms with E-state index in [1.807, 2.05) is 0 Å². The Morgan fingerprint density at radius 2 is 1.42 bits per heavy atom. The first-order valence-electron chi connectivity index (χ1n) is 7.70. The highest BCUT2D eigenvalue weighted by atomic mass is 16.5. The first kappa shape index (κ1) is 19.1. The molecule has 0 saturated carbocycles. The Balaban J connectivity index is 2.11. The highest BCUT2D eigenvalue weighted by Crippen LogP contribution is 2.38. The molecule has 0 spiro atoms. The van der Waals surface area contributed by atoms with Gasteiger partial charge in [0.25, 0.3) is 0 Å². The van der Waals surface area contributed by atoms with Gasteiger partial charge in [0.2, 0.25) is 5.75 Å². The van der Waals surface area contributed by atoms with Gasteiger partial charge in [-0.3, -0.25) is 4.79 Å². The number of rotatable bonds is 7. The van der Waals surface area contributed by atoms with Crippen molar-refractivity contribution in [1.82, 2.24) is 0 Å². The van der Waals surface area contributed by atoms with Crippen LogP contribution in [0.1, 0.15) is 15.9 Å². The molecule has 7 nitrogen and oxygen atoms in total. The maximum atomic E-state index is 12.2. The van der Waals surface area contributed by atoms with Crippen LogP contribution in [0, 0.1) is 0 Å². The lowest BCUT2D eigenvalue weighted by atomic mass is 10.1. The molecule has 138 valence electrons. The average Bonchev–Trinajstić information content (AvgIpc) is 2.66. The molecular weight excluding hydrogens is 340 g/mol. The maximum Gasteiger partial charge on any atom is 0.337 e. The highest BCUT2D eigenvalue weighted by Gasteiger charge is 2.16. The fraction of sp³-hybridized carbons (Fsp3) is 0.263. The van der Waals surface area contributed by atoms with Gasteiger partial charge in [-0.25, -0.2) is 4.79 Å². The van der Waals surface area contributed by atoms with Gasteiger partial charge < -0.3 is 23.7 Å². The Kier molecular flexibility index (Phi) is 6.43. The van der Waals surface area contributed by atoms with Crippen molar-refractivity contribution in [3.63, 3.8) is 0 Å². The van der Waals surface area contributed by atoms with E-state index < -0.39 is 11.9 Å². The minimum Gasteiger partial charge on any atom is -0.493 e. The summed E-state index contributed by atoms with van der Waals surface area (Å²) < 4.78 is 25.7. The minimum atomic E-state index is -0.468. The van der Waals surface area contributed by atoms with Crippen LogP contribution in [-0.4, -0.2) is 40.4 Å². The second-order valence-corrected chi connectivity index (χ2v) is 5.20. The maximum absolute atomic E-state index is 12.2. The van der Waals surface area contributed by atoms with Gasteiger partial charge in [0.1, 0.15) is 5.75 Å². The van der Waals surface area contributed by atoms with E-state index in [2.05, 4.69) is 4.74 Å². The molecule has 26 heavy (non-hydrogen) atoms. The Morgan fingerprint density at radius 1 is 0.846 bits per heavy atom. The second kappa shape index (κ2) is 8.75. The van der Waals surface area contributed by atoms with E-state index in [1.165, 1.54) is 52.7 Å². The van der Waals surface area contributed by atoms with Crippen molar-refractivity contribution in [3.05, 3.63) is 47.5 Å². The summed E-state index contributed by atoms with van der Waals surface area (Å²) in [6.07, 6.45) is 0.00939.